The number of hydrogen-bond acceptors (Lipinski definition) is 4. The third-order valence-electron chi connectivity index (χ3n) is 5.22. The Bertz CT molecular complexity index is 908. The van der Waals surface area contributed by atoms with Crippen LogP contribution in [-0.4, -0.2) is 42.6 Å². The van der Waals surface area contributed by atoms with Crippen LogP contribution >= 0.6 is 0 Å². The molecule has 0 radical (unpaired) electrons. The second-order valence-corrected chi connectivity index (χ2v) is 7.76. The number of carboxylic acid groups (broad SMARTS) is 1. The predicted molar refractivity (Wildman–Crippen MR) is 114 cm³/mol. The molecular weight excluding hydrogens is 406 g/mol. The number of para-hydroxylation sites is 1. The molecule has 1 aliphatic heterocycles. The van der Waals surface area contributed by atoms with Crippen molar-refractivity contribution in [3.8, 4) is 5.75 Å². The van der Waals surface area contributed by atoms with E-state index in [1.807, 2.05) is 0 Å². The molecule has 1 heterocycles. The lowest BCUT2D eigenvalue weighted by Gasteiger charge is -2.33. The van der Waals surface area contributed by atoms with Crippen LogP contribution < -0.4 is 15.0 Å². The Labute approximate surface area is 179 Å². The molecule has 2 N–H and O–H groups in total. The van der Waals surface area contributed by atoms with Gasteiger partial charge in [0.2, 0.25) is 6.43 Å². The molecule has 1 amide bonds. The van der Waals surface area contributed by atoms with E-state index in [-0.39, 0.29) is 17.0 Å². The van der Waals surface area contributed by atoms with Crippen molar-refractivity contribution in [1.82, 2.24) is 0 Å². The molecule has 0 spiro atoms. The number of aromatic carboxylic acids is 1. The monoisotopic (exact) mass is 432 g/mol. The van der Waals surface area contributed by atoms with Crippen LogP contribution in [0.5, 0.6) is 5.75 Å². The van der Waals surface area contributed by atoms with E-state index in [0.29, 0.717) is 5.92 Å². The lowest BCUT2D eigenvalue weighted by atomic mass is 9.99. The molecule has 0 aliphatic carbocycles. The number of rotatable bonds is 8. The maximum atomic E-state index is 13.0. The van der Waals surface area contributed by atoms with Gasteiger partial charge in [-0.1, -0.05) is 25.1 Å². The van der Waals surface area contributed by atoms with Crippen molar-refractivity contribution in [1.29, 1.82) is 0 Å². The van der Waals surface area contributed by atoms with E-state index in [2.05, 4.69) is 17.1 Å². The van der Waals surface area contributed by atoms with Gasteiger partial charge in [-0.05, 0) is 49.1 Å². The molecule has 8 heteroatoms. The average Bonchev–Trinajstić information content (AvgIpc) is 2.73. The Kier molecular flexibility index (Phi) is 7.44. The van der Waals surface area contributed by atoms with Gasteiger partial charge in [-0.3, -0.25) is 4.79 Å². The fourth-order valence-electron chi connectivity index (χ4n) is 3.69. The molecule has 0 saturated carbocycles. The summed E-state index contributed by atoms with van der Waals surface area (Å²) in [6.45, 7) is 3.80. The van der Waals surface area contributed by atoms with Crippen molar-refractivity contribution in [3.05, 3.63) is 54.1 Å². The highest BCUT2D eigenvalue weighted by Gasteiger charge is 2.27. The van der Waals surface area contributed by atoms with Crippen LogP contribution in [0.15, 0.2) is 48.5 Å². The SMILES string of the molecule is C[C@@H]1CCCN(c2ccc(NC(=O)C(CC(F)F)Oc3ccccc3)c(C(=O)O)c2)C1. The average molecular weight is 432 g/mol. The van der Waals surface area contributed by atoms with Gasteiger partial charge in [-0.15, -0.1) is 0 Å². The third kappa shape index (κ3) is 6.16. The molecule has 2 atom stereocenters. The number of carboxylic acids is 1. The minimum Gasteiger partial charge on any atom is -0.480 e. The largest absolute Gasteiger partial charge is 0.480 e. The number of carbonyl (C=O) groups is 2. The number of benzene rings is 2. The molecule has 1 saturated heterocycles. The fourth-order valence-corrected chi connectivity index (χ4v) is 3.69. The van der Waals surface area contributed by atoms with E-state index < -0.39 is 30.8 Å². The van der Waals surface area contributed by atoms with E-state index in [0.717, 1.165) is 31.6 Å². The second kappa shape index (κ2) is 10.2. The normalized spacial score (nSPS) is 17.3. The first kappa shape index (κ1) is 22.5. The zero-order chi connectivity index (χ0) is 22.4. The van der Waals surface area contributed by atoms with Crippen LogP contribution in [-0.2, 0) is 4.79 Å². The van der Waals surface area contributed by atoms with Crippen LogP contribution in [0.4, 0.5) is 20.2 Å². The number of halogens is 2. The molecule has 1 unspecified atom stereocenters. The predicted octanol–water partition coefficient (Wildman–Crippen LogP) is 4.66. The Balaban J connectivity index is 1.79. The second-order valence-electron chi connectivity index (χ2n) is 7.76. The minimum atomic E-state index is -2.76. The van der Waals surface area contributed by atoms with Gasteiger partial charge in [0.25, 0.3) is 5.91 Å². The number of piperidine rings is 1. The first-order chi connectivity index (χ1) is 14.8. The number of anilines is 2. The molecule has 3 rings (SSSR count). The van der Waals surface area contributed by atoms with Crippen LogP contribution in [0.3, 0.4) is 0 Å². The molecule has 31 heavy (non-hydrogen) atoms. The fraction of sp³-hybridized carbons (Fsp3) is 0.391. The highest BCUT2D eigenvalue weighted by atomic mass is 19.3. The zero-order valence-corrected chi connectivity index (χ0v) is 17.3. The van der Waals surface area contributed by atoms with E-state index in [1.54, 1.807) is 36.4 Å². The summed E-state index contributed by atoms with van der Waals surface area (Å²) in [5, 5.41) is 12.1. The van der Waals surface area contributed by atoms with E-state index in [4.69, 9.17) is 4.74 Å². The van der Waals surface area contributed by atoms with Crippen molar-refractivity contribution < 1.29 is 28.2 Å². The van der Waals surface area contributed by atoms with Crippen LogP contribution in [0, 0.1) is 5.92 Å². The van der Waals surface area contributed by atoms with Crippen molar-refractivity contribution >= 4 is 23.3 Å². The van der Waals surface area contributed by atoms with Gasteiger partial charge in [-0.25, -0.2) is 13.6 Å². The lowest BCUT2D eigenvalue weighted by molar-refractivity contribution is -0.124. The molecular formula is C23H26F2N2O4. The Morgan fingerprint density at radius 3 is 2.61 bits per heavy atom. The number of nitrogens with zero attached hydrogens (tertiary/aromatic N) is 1. The van der Waals surface area contributed by atoms with E-state index in [9.17, 15) is 23.5 Å². The standard InChI is InChI=1S/C23H26F2N2O4/c1-15-6-5-11-27(14-15)16-9-10-19(18(12-16)23(29)30)26-22(28)20(13-21(24)25)31-17-7-3-2-4-8-17/h2-4,7-10,12,15,20-21H,5-6,11,13-14H2,1H3,(H,26,28)(H,29,30)/t15-,20?/m1/s1. The molecule has 2 aromatic rings. The lowest BCUT2D eigenvalue weighted by Crippen LogP contribution is -2.35. The molecule has 1 fully saturated rings. The van der Waals surface area contributed by atoms with Gasteiger partial charge in [0.1, 0.15) is 5.75 Å². The first-order valence-corrected chi connectivity index (χ1v) is 10.3. The van der Waals surface area contributed by atoms with Crippen molar-refractivity contribution in [2.45, 2.75) is 38.7 Å². The number of amides is 1. The zero-order valence-electron chi connectivity index (χ0n) is 17.3. The maximum absolute atomic E-state index is 13.0. The van der Waals surface area contributed by atoms with Gasteiger partial charge >= 0.3 is 5.97 Å². The quantitative estimate of drug-likeness (QED) is 0.634. The van der Waals surface area contributed by atoms with Crippen molar-refractivity contribution in [3.63, 3.8) is 0 Å². The molecule has 2 aromatic carbocycles. The summed E-state index contributed by atoms with van der Waals surface area (Å²) in [6, 6.07) is 12.9. The Hall–Kier alpha value is -3.16. The molecule has 1 aliphatic rings. The number of nitrogens with one attached hydrogen (secondary N) is 1. The number of carbonyl (C=O) groups excluding carboxylic acids is 1. The van der Waals surface area contributed by atoms with Gasteiger partial charge in [-0.2, -0.15) is 0 Å². The number of alkyl halides is 2. The Morgan fingerprint density at radius 1 is 1.23 bits per heavy atom. The molecule has 0 bridgehead atoms. The summed E-state index contributed by atoms with van der Waals surface area (Å²) < 4.78 is 31.5. The number of ether oxygens (including phenoxy) is 1. The van der Waals surface area contributed by atoms with E-state index in [1.165, 1.54) is 12.1 Å². The summed E-state index contributed by atoms with van der Waals surface area (Å²) in [5.74, 6) is -1.26. The summed E-state index contributed by atoms with van der Waals surface area (Å²) in [6.07, 6.45) is -2.89. The van der Waals surface area contributed by atoms with Crippen molar-refractivity contribution in [2.24, 2.45) is 5.92 Å². The topological polar surface area (TPSA) is 78.9 Å². The summed E-state index contributed by atoms with van der Waals surface area (Å²) in [7, 11) is 0. The van der Waals surface area contributed by atoms with E-state index >= 15 is 0 Å². The van der Waals surface area contributed by atoms with Crippen LogP contribution in [0.25, 0.3) is 0 Å². The number of hydrogen-bond donors (Lipinski definition) is 2. The molecule has 166 valence electrons. The summed E-state index contributed by atoms with van der Waals surface area (Å²) >= 11 is 0. The molecule has 6 nitrogen and oxygen atoms in total. The molecule has 0 aromatic heterocycles. The van der Waals surface area contributed by atoms with Gasteiger partial charge in [0.15, 0.2) is 6.10 Å². The summed E-state index contributed by atoms with van der Waals surface area (Å²) in [5.41, 5.74) is 0.702. The Morgan fingerprint density at radius 2 is 1.97 bits per heavy atom. The third-order valence-corrected chi connectivity index (χ3v) is 5.22. The highest BCUT2D eigenvalue weighted by Crippen LogP contribution is 2.28. The van der Waals surface area contributed by atoms with Gasteiger partial charge < -0.3 is 20.1 Å². The highest BCUT2D eigenvalue weighted by molar-refractivity contribution is 6.02. The minimum absolute atomic E-state index is 0.0437. The van der Waals surface area contributed by atoms with Crippen LogP contribution in [0.2, 0.25) is 0 Å². The van der Waals surface area contributed by atoms with Crippen LogP contribution in [0.1, 0.15) is 36.5 Å². The van der Waals surface area contributed by atoms with Crippen molar-refractivity contribution in [2.75, 3.05) is 23.3 Å². The van der Waals surface area contributed by atoms with Gasteiger partial charge in [0, 0.05) is 18.8 Å². The summed E-state index contributed by atoms with van der Waals surface area (Å²) in [4.78, 5) is 26.6. The van der Waals surface area contributed by atoms with Gasteiger partial charge in [0.05, 0.1) is 17.7 Å². The first-order valence-electron chi connectivity index (χ1n) is 10.3. The maximum Gasteiger partial charge on any atom is 0.337 e. The smallest absolute Gasteiger partial charge is 0.337 e.